The topological polar surface area (TPSA) is 77.0 Å². The summed E-state index contributed by atoms with van der Waals surface area (Å²) in [6.07, 6.45) is 1.50. The third kappa shape index (κ3) is 5.30. The smallest absolute Gasteiger partial charge is 0.343 e. The zero-order valence-corrected chi connectivity index (χ0v) is 18.9. The van der Waals surface area contributed by atoms with Gasteiger partial charge in [0.25, 0.3) is 5.91 Å². The van der Waals surface area contributed by atoms with Gasteiger partial charge in [-0.2, -0.15) is 5.10 Å². The summed E-state index contributed by atoms with van der Waals surface area (Å²) in [5.41, 5.74) is 5.02. The molecule has 6 heteroatoms. The van der Waals surface area contributed by atoms with Gasteiger partial charge in [-0.1, -0.05) is 48.0 Å². The molecule has 1 N–H and O–H groups in total. The summed E-state index contributed by atoms with van der Waals surface area (Å²) in [5, 5.41) is 5.93. The van der Waals surface area contributed by atoms with Crippen molar-refractivity contribution in [2.75, 3.05) is 6.61 Å². The standard InChI is InChI=1S/C28H24N2O4/c1-3-33-23-14-11-21(12-15-23)28(32)34-26-16-13-20-8-4-5-10-24(20)25(26)18-29-30-27(31)22-9-6-7-19(2)17-22/h4-18H,3H2,1-2H3,(H,30,31). The van der Waals surface area contributed by atoms with Crippen LogP contribution in [0.25, 0.3) is 10.8 Å². The number of ether oxygens (including phenoxy) is 2. The molecule has 0 heterocycles. The zero-order valence-electron chi connectivity index (χ0n) is 18.9. The molecule has 0 bridgehead atoms. The summed E-state index contributed by atoms with van der Waals surface area (Å²) in [6.45, 7) is 4.36. The van der Waals surface area contributed by atoms with Crippen LogP contribution in [0.4, 0.5) is 0 Å². The van der Waals surface area contributed by atoms with E-state index in [2.05, 4.69) is 10.5 Å². The van der Waals surface area contributed by atoms with Crippen LogP contribution < -0.4 is 14.9 Å². The second-order valence-corrected chi connectivity index (χ2v) is 7.61. The lowest BCUT2D eigenvalue weighted by Gasteiger charge is -2.11. The van der Waals surface area contributed by atoms with Crippen molar-refractivity contribution < 1.29 is 19.1 Å². The molecule has 0 aliphatic carbocycles. The number of amides is 1. The predicted molar refractivity (Wildman–Crippen MR) is 133 cm³/mol. The van der Waals surface area contributed by atoms with Crippen LogP contribution in [-0.4, -0.2) is 24.7 Å². The van der Waals surface area contributed by atoms with Crippen LogP contribution in [0.1, 0.15) is 38.8 Å². The third-order valence-corrected chi connectivity index (χ3v) is 5.17. The molecule has 34 heavy (non-hydrogen) atoms. The maximum Gasteiger partial charge on any atom is 0.343 e. The van der Waals surface area contributed by atoms with Crippen molar-refractivity contribution in [2.24, 2.45) is 5.10 Å². The SMILES string of the molecule is CCOc1ccc(C(=O)Oc2ccc3ccccc3c2C=NNC(=O)c2cccc(C)c2)cc1. The minimum atomic E-state index is -0.503. The molecule has 0 radical (unpaired) electrons. The largest absolute Gasteiger partial charge is 0.494 e. The first-order chi connectivity index (χ1) is 16.5. The monoisotopic (exact) mass is 452 g/mol. The second-order valence-electron chi connectivity index (χ2n) is 7.61. The van der Waals surface area contributed by atoms with Gasteiger partial charge in [0.2, 0.25) is 0 Å². The van der Waals surface area contributed by atoms with Gasteiger partial charge < -0.3 is 9.47 Å². The molecule has 0 saturated carbocycles. The van der Waals surface area contributed by atoms with Crippen molar-refractivity contribution in [1.29, 1.82) is 0 Å². The predicted octanol–water partition coefficient (Wildman–Crippen LogP) is 5.53. The number of hydrogen-bond donors (Lipinski definition) is 1. The van der Waals surface area contributed by atoms with Gasteiger partial charge in [-0.15, -0.1) is 0 Å². The van der Waals surface area contributed by atoms with Crippen molar-refractivity contribution in [1.82, 2.24) is 5.43 Å². The highest BCUT2D eigenvalue weighted by Gasteiger charge is 2.14. The van der Waals surface area contributed by atoms with Crippen LogP contribution in [0.3, 0.4) is 0 Å². The average molecular weight is 453 g/mol. The molecule has 0 aliphatic heterocycles. The number of rotatable bonds is 7. The summed E-state index contributed by atoms with van der Waals surface area (Å²) in [7, 11) is 0. The Labute approximate surface area is 197 Å². The number of hydrogen-bond acceptors (Lipinski definition) is 5. The van der Waals surface area contributed by atoms with Crippen LogP contribution >= 0.6 is 0 Å². The van der Waals surface area contributed by atoms with E-state index in [-0.39, 0.29) is 5.91 Å². The van der Waals surface area contributed by atoms with Crippen molar-refractivity contribution >= 4 is 28.9 Å². The van der Waals surface area contributed by atoms with Crippen LogP contribution in [0.15, 0.2) is 90.0 Å². The number of nitrogens with one attached hydrogen (secondary N) is 1. The Kier molecular flexibility index (Phi) is 6.98. The van der Waals surface area contributed by atoms with E-state index >= 15 is 0 Å². The maximum absolute atomic E-state index is 12.8. The summed E-state index contributed by atoms with van der Waals surface area (Å²) in [5.74, 6) is 0.193. The number of fused-ring (bicyclic) bond motifs is 1. The highest BCUT2D eigenvalue weighted by molar-refractivity contribution is 6.04. The van der Waals surface area contributed by atoms with Crippen LogP contribution in [0.5, 0.6) is 11.5 Å². The Morgan fingerprint density at radius 3 is 2.47 bits per heavy atom. The van der Waals surface area contributed by atoms with Gasteiger partial charge in [-0.3, -0.25) is 4.79 Å². The number of aryl methyl sites for hydroxylation is 1. The first-order valence-corrected chi connectivity index (χ1v) is 10.9. The number of nitrogens with zero attached hydrogens (tertiary/aromatic N) is 1. The highest BCUT2D eigenvalue weighted by Crippen LogP contribution is 2.27. The van der Waals surface area contributed by atoms with E-state index in [1.807, 2.05) is 56.3 Å². The molecule has 0 aromatic heterocycles. The van der Waals surface area contributed by atoms with Crippen molar-refractivity contribution in [3.8, 4) is 11.5 Å². The lowest BCUT2D eigenvalue weighted by Crippen LogP contribution is -2.18. The number of carbonyl (C=O) groups is 2. The summed E-state index contributed by atoms with van der Waals surface area (Å²) in [6, 6.07) is 25.3. The van der Waals surface area contributed by atoms with Gasteiger partial charge in [-0.05, 0) is 67.1 Å². The molecule has 0 atom stereocenters. The Balaban J connectivity index is 1.59. The minimum Gasteiger partial charge on any atom is -0.494 e. The second kappa shape index (κ2) is 10.4. The normalized spacial score (nSPS) is 10.9. The zero-order chi connectivity index (χ0) is 23.9. The molecule has 1 amide bonds. The molecular weight excluding hydrogens is 428 g/mol. The summed E-state index contributed by atoms with van der Waals surface area (Å²) in [4.78, 5) is 25.2. The van der Waals surface area contributed by atoms with Gasteiger partial charge in [0, 0.05) is 11.1 Å². The van der Waals surface area contributed by atoms with E-state index in [1.165, 1.54) is 6.21 Å². The molecule has 6 nitrogen and oxygen atoms in total. The molecule has 4 aromatic rings. The number of hydrazone groups is 1. The first-order valence-electron chi connectivity index (χ1n) is 10.9. The van der Waals surface area contributed by atoms with Crippen molar-refractivity contribution in [2.45, 2.75) is 13.8 Å². The number of benzene rings is 4. The molecule has 0 aliphatic rings. The molecule has 0 saturated heterocycles. The van der Waals surface area contributed by atoms with Gasteiger partial charge in [0.05, 0.1) is 18.4 Å². The van der Waals surface area contributed by atoms with E-state index < -0.39 is 5.97 Å². The van der Waals surface area contributed by atoms with E-state index in [0.29, 0.717) is 34.8 Å². The van der Waals surface area contributed by atoms with Gasteiger partial charge in [-0.25, -0.2) is 10.2 Å². The van der Waals surface area contributed by atoms with Gasteiger partial charge in [0.15, 0.2) is 0 Å². The highest BCUT2D eigenvalue weighted by atomic mass is 16.5. The van der Waals surface area contributed by atoms with Gasteiger partial charge in [0.1, 0.15) is 11.5 Å². The fraction of sp³-hybridized carbons (Fsp3) is 0.107. The van der Waals surface area contributed by atoms with Crippen molar-refractivity contribution in [3.05, 3.63) is 107 Å². The molecular formula is C28H24N2O4. The summed E-state index contributed by atoms with van der Waals surface area (Å²) < 4.78 is 11.1. The Morgan fingerprint density at radius 1 is 0.912 bits per heavy atom. The third-order valence-electron chi connectivity index (χ3n) is 5.17. The lowest BCUT2D eigenvalue weighted by atomic mass is 10.0. The first kappa shape index (κ1) is 22.7. The van der Waals surface area contributed by atoms with Crippen LogP contribution in [0, 0.1) is 6.92 Å². The molecule has 0 unspecified atom stereocenters. The molecule has 4 aromatic carbocycles. The number of carbonyl (C=O) groups excluding carboxylic acids is 2. The maximum atomic E-state index is 12.8. The molecule has 170 valence electrons. The average Bonchev–Trinajstić information content (AvgIpc) is 2.85. The molecule has 0 fully saturated rings. The van der Waals surface area contributed by atoms with E-state index in [9.17, 15) is 9.59 Å². The minimum absolute atomic E-state index is 0.326. The number of esters is 1. The molecule has 4 rings (SSSR count). The van der Waals surface area contributed by atoms with E-state index in [0.717, 1.165) is 16.3 Å². The van der Waals surface area contributed by atoms with Crippen LogP contribution in [0.2, 0.25) is 0 Å². The lowest BCUT2D eigenvalue weighted by molar-refractivity contribution is 0.0734. The Bertz CT molecular complexity index is 1360. The Hall–Kier alpha value is -4.45. The van der Waals surface area contributed by atoms with E-state index in [1.54, 1.807) is 42.5 Å². The fourth-order valence-corrected chi connectivity index (χ4v) is 3.52. The van der Waals surface area contributed by atoms with E-state index in [4.69, 9.17) is 9.47 Å². The van der Waals surface area contributed by atoms with Gasteiger partial charge >= 0.3 is 5.97 Å². The Morgan fingerprint density at radius 2 is 1.71 bits per heavy atom. The molecule has 0 spiro atoms. The van der Waals surface area contributed by atoms with Crippen molar-refractivity contribution in [3.63, 3.8) is 0 Å². The quantitative estimate of drug-likeness (QED) is 0.173. The van der Waals surface area contributed by atoms with Crippen LogP contribution in [-0.2, 0) is 0 Å². The fourth-order valence-electron chi connectivity index (χ4n) is 3.52. The summed E-state index contributed by atoms with van der Waals surface area (Å²) >= 11 is 0.